The zero-order valence-electron chi connectivity index (χ0n) is 13.9. The average Bonchev–Trinajstić information content (AvgIpc) is 2.98. The number of aromatic nitrogens is 2. The monoisotopic (exact) mass is 409 g/mol. The molecule has 0 aliphatic rings. The van der Waals surface area contributed by atoms with Gasteiger partial charge in [-0.1, -0.05) is 29.3 Å². The predicted molar refractivity (Wildman–Crippen MR) is 99.3 cm³/mol. The third-order valence-electron chi connectivity index (χ3n) is 3.72. The van der Waals surface area contributed by atoms with Crippen molar-refractivity contribution in [3.63, 3.8) is 0 Å². The Bertz CT molecular complexity index is 1020. The SMILES string of the molecule is O=C(Cn1nc(-c2ccc(F)cc2)oc1=O)NCCc1ccc(Cl)cc1Cl. The van der Waals surface area contributed by atoms with Crippen molar-refractivity contribution in [2.75, 3.05) is 6.54 Å². The molecule has 0 atom stereocenters. The summed E-state index contributed by atoms with van der Waals surface area (Å²) in [6.45, 7) is 0.0372. The molecule has 0 bridgehead atoms. The van der Waals surface area contributed by atoms with E-state index in [1.54, 1.807) is 18.2 Å². The Hall–Kier alpha value is -2.64. The standard InChI is InChI=1S/C18H14Cl2FN3O3/c19-13-4-1-11(15(20)9-13)7-8-22-16(25)10-24-18(26)27-17(23-24)12-2-5-14(21)6-3-12/h1-6,9H,7-8,10H2,(H,22,25). The van der Waals surface area contributed by atoms with Crippen molar-refractivity contribution >= 4 is 29.1 Å². The van der Waals surface area contributed by atoms with Crippen LogP contribution in [0.2, 0.25) is 10.0 Å². The van der Waals surface area contributed by atoms with Crippen LogP contribution in [0.3, 0.4) is 0 Å². The molecule has 0 spiro atoms. The van der Waals surface area contributed by atoms with Gasteiger partial charge in [-0.05, 0) is 48.4 Å². The van der Waals surface area contributed by atoms with Gasteiger partial charge >= 0.3 is 5.76 Å². The second-order valence-corrected chi connectivity index (χ2v) is 6.52. The summed E-state index contributed by atoms with van der Waals surface area (Å²) >= 11 is 11.9. The molecule has 0 aliphatic heterocycles. The minimum absolute atomic E-state index is 0.0146. The number of carbonyl (C=O) groups is 1. The van der Waals surface area contributed by atoms with Crippen LogP contribution in [-0.2, 0) is 17.8 Å². The van der Waals surface area contributed by atoms with Gasteiger partial charge in [0, 0.05) is 22.2 Å². The Balaban J connectivity index is 1.58. The average molecular weight is 410 g/mol. The maximum atomic E-state index is 13.0. The van der Waals surface area contributed by atoms with Crippen molar-refractivity contribution in [3.8, 4) is 11.5 Å². The molecular weight excluding hydrogens is 396 g/mol. The number of nitrogens with zero attached hydrogens (tertiary/aromatic N) is 2. The number of benzene rings is 2. The van der Waals surface area contributed by atoms with Crippen LogP contribution in [0.1, 0.15) is 5.56 Å². The topological polar surface area (TPSA) is 77.1 Å². The van der Waals surface area contributed by atoms with Crippen LogP contribution < -0.4 is 11.1 Å². The zero-order valence-corrected chi connectivity index (χ0v) is 15.4. The Morgan fingerprint density at radius 2 is 1.93 bits per heavy atom. The van der Waals surface area contributed by atoms with E-state index in [0.717, 1.165) is 10.2 Å². The van der Waals surface area contributed by atoms with Crippen molar-refractivity contribution in [1.82, 2.24) is 15.1 Å². The van der Waals surface area contributed by atoms with Crippen molar-refractivity contribution < 1.29 is 13.6 Å². The summed E-state index contributed by atoms with van der Waals surface area (Å²) in [6.07, 6.45) is 0.510. The summed E-state index contributed by atoms with van der Waals surface area (Å²) in [6, 6.07) is 10.4. The van der Waals surface area contributed by atoms with Crippen molar-refractivity contribution in [2.45, 2.75) is 13.0 Å². The third kappa shape index (κ3) is 4.96. The van der Waals surface area contributed by atoms with E-state index in [4.69, 9.17) is 27.6 Å². The molecule has 1 heterocycles. The highest BCUT2D eigenvalue weighted by atomic mass is 35.5. The number of amides is 1. The van der Waals surface area contributed by atoms with Crippen molar-refractivity contribution in [3.05, 3.63) is 74.4 Å². The highest BCUT2D eigenvalue weighted by Crippen LogP contribution is 2.21. The predicted octanol–water partition coefficient (Wildman–Crippen LogP) is 3.31. The second-order valence-electron chi connectivity index (χ2n) is 5.67. The molecule has 0 fully saturated rings. The molecule has 2 aromatic carbocycles. The van der Waals surface area contributed by atoms with Gasteiger partial charge in [0.25, 0.3) is 0 Å². The molecule has 1 N–H and O–H groups in total. The van der Waals surface area contributed by atoms with Crippen LogP contribution in [0, 0.1) is 5.82 Å². The van der Waals surface area contributed by atoms with Gasteiger partial charge in [-0.25, -0.2) is 9.18 Å². The minimum atomic E-state index is -0.773. The molecule has 1 amide bonds. The quantitative estimate of drug-likeness (QED) is 0.677. The summed E-state index contributed by atoms with van der Waals surface area (Å²) in [5, 5.41) is 7.70. The number of halogens is 3. The largest absolute Gasteiger partial charge is 0.437 e. The smallest absolute Gasteiger partial charge is 0.388 e. The lowest BCUT2D eigenvalue weighted by Crippen LogP contribution is -2.32. The molecule has 6 nitrogen and oxygen atoms in total. The molecule has 9 heteroatoms. The fourth-order valence-electron chi connectivity index (χ4n) is 2.37. The lowest BCUT2D eigenvalue weighted by molar-refractivity contribution is -0.121. The van der Waals surface area contributed by atoms with Gasteiger partial charge in [0.2, 0.25) is 11.8 Å². The molecular formula is C18H14Cl2FN3O3. The van der Waals surface area contributed by atoms with Crippen molar-refractivity contribution in [1.29, 1.82) is 0 Å². The minimum Gasteiger partial charge on any atom is -0.388 e. The molecule has 3 aromatic rings. The molecule has 0 unspecified atom stereocenters. The number of carbonyl (C=O) groups excluding carboxylic acids is 1. The third-order valence-corrected chi connectivity index (χ3v) is 4.31. The summed E-state index contributed by atoms with van der Waals surface area (Å²) in [5.74, 6) is -1.58. The van der Waals surface area contributed by atoms with Gasteiger partial charge in [-0.2, -0.15) is 4.68 Å². The zero-order chi connectivity index (χ0) is 19.4. The first-order chi connectivity index (χ1) is 12.9. The van der Waals surface area contributed by atoms with E-state index < -0.39 is 17.5 Å². The molecule has 1 aromatic heterocycles. The van der Waals surface area contributed by atoms with E-state index in [9.17, 15) is 14.0 Å². The Morgan fingerprint density at radius 1 is 1.19 bits per heavy atom. The molecule has 140 valence electrons. The summed E-state index contributed by atoms with van der Waals surface area (Å²) in [4.78, 5) is 23.9. The van der Waals surface area contributed by atoms with Crippen LogP contribution in [-0.4, -0.2) is 22.2 Å². The van der Waals surface area contributed by atoms with Crippen molar-refractivity contribution in [2.24, 2.45) is 0 Å². The summed E-state index contributed by atoms with van der Waals surface area (Å²) in [5.41, 5.74) is 1.28. The van der Waals surface area contributed by atoms with E-state index in [1.807, 2.05) is 0 Å². The van der Waals surface area contributed by atoms with E-state index in [2.05, 4.69) is 10.4 Å². The Labute approximate surface area is 163 Å². The van der Waals surface area contributed by atoms with Crippen LogP contribution in [0.15, 0.2) is 51.7 Å². The number of hydrogen-bond acceptors (Lipinski definition) is 4. The first-order valence-corrected chi connectivity index (χ1v) is 8.72. The molecule has 27 heavy (non-hydrogen) atoms. The summed E-state index contributed by atoms with van der Waals surface area (Å²) in [7, 11) is 0. The van der Waals surface area contributed by atoms with E-state index in [-0.39, 0.29) is 12.4 Å². The van der Waals surface area contributed by atoms with Gasteiger partial charge < -0.3 is 9.73 Å². The highest BCUT2D eigenvalue weighted by molar-refractivity contribution is 6.35. The van der Waals surface area contributed by atoms with Crippen LogP contribution in [0.25, 0.3) is 11.5 Å². The van der Waals surface area contributed by atoms with Crippen LogP contribution >= 0.6 is 23.2 Å². The van der Waals surface area contributed by atoms with Gasteiger partial charge in [-0.3, -0.25) is 4.79 Å². The molecule has 3 rings (SSSR count). The lowest BCUT2D eigenvalue weighted by Gasteiger charge is -2.06. The van der Waals surface area contributed by atoms with E-state index in [1.165, 1.54) is 24.3 Å². The molecule has 0 aliphatic carbocycles. The normalized spacial score (nSPS) is 10.8. The number of hydrogen-bond donors (Lipinski definition) is 1. The van der Waals surface area contributed by atoms with Gasteiger partial charge in [-0.15, -0.1) is 5.10 Å². The maximum Gasteiger partial charge on any atom is 0.437 e. The van der Waals surface area contributed by atoms with Gasteiger partial charge in [0.05, 0.1) is 0 Å². The first-order valence-electron chi connectivity index (χ1n) is 7.97. The molecule has 0 saturated carbocycles. The fraction of sp³-hybridized carbons (Fsp3) is 0.167. The number of rotatable bonds is 6. The Kier molecular flexibility index (Phi) is 5.93. The fourth-order valence-corrected chi connectivity index (χ4v) is 2.87. The van der Waals surface area contributed by atoms with E-state index in [0.29, 0.717) is 28.6 Å². The first kappa shape index (κ1) is 19.1. The van der Waals surface area contributed by atoms with Gasteiger partial charge in [0.15, 0.2) is 0 Å². The summed E-state index contributed by atoms with van der Waals surface area (Å²) < 4.78 is 18.9. The second kappa shape index (κ2) is 8.37. The Morgan fingerprint density at radius 3 is 2.63 bits per heavy atom. The van der Waals surface area contributed by atoms with Crippen LogP contribution in [0.4, 0.5) is 4.39 Å². The van der Waals surface area contributed by atoms with E-state index >= 15 is 0 Å². The van der Waals surface area contributed by atoms with Crippen LogP contribution in [0.5, 0.6) is 0 Å². The molecule has 0 saturated heterocycles. The number of nitrogens with one attached hydrogen (secondary N) is 1. The lowest BCUT2D eigenvalue weighted by atomic mass is 10.1. The maximum absolute atomic E-state index is 13.0. The van der Waals surface area contributed by atoms with Gasteiger partial charge in [0.1, 0.15) is 12.4 Å². The molecule has 0 radical (unpaired) electrons. The highest BCUT2D eigenvalue weighted by Gasteiger charge is 2.13.